The lowest BCUT2D eigenvalue weighted by atomic mass is 9.43. The van der Waals surface area contributed by atoms with Crippen LogP contribution in [0.3, 0.4) is 0 Å². The third-order valence-corrected chi connectivity index (χ3v) is 11.1. The monoisotopic (exact) mass is 448 g/mol. The van der Waals surface area contributed by atoms with E-state index >= 15 is 0 Å². The quantitative estimate of drug-likeness (QED) is 0.509. The van der Waals surface area contributed by atoms with Crippen LogP contribution in [0.15, 0.2) is 0 Å². The van der Waals surface area contributed by atoms with Gasteiger partial charge in [-0.05, 0) is 117 Å². The van der Waals surface area contributed by atoms with Crippen LogP contribution in [-0.4, -0.2) is 34.5 Å². The summed E-state index contributed by atoms with van der Waals surface area (Å²) in [6.07, 6.45) is 10.7. The normalized spacial score (nSPS) is 47.7. The van der Waals surface area contributed by atoms with Crippen LogP contribution >= 0.6 is 0 Å². The Balaban J connectivity index is 1.44. The molecule has 32 heavy (non-hydrogen) atoms. The summed E-state index contributed by atoms with van der Waals surface area (Å²) in [5.41, 5.74) is 0.563. The van der Waals surface area contributed by atoms with Crippen molar-refractivity contribution in [3.05, 3.63) is 0 Å². The smallest absolute Gasteiger partial charge is 0.306 e. The van der Waals surface area contributed by atoms with Crippen LogP contribution in [0, 0.1) is 46.3 Å². The molecule has 4 aliphatic rings. The molecule has 0 amide bonds. The van der Waals surface area contributed by atoms with Gasteiger partial charge in [-0.15, -0.1) is 0 Å². The maximum absolute atomic E-state index is 12.2. The summed E-state index contributed by atoms with van der Waals surface area (Å²) in [7, 11) is 0. The number of hydrogen-bond acceptors (Lipinski definition) is 4. The van der Waals surface area contributed by atoms with Crippen molar-refractivity contribution in [3.63, 3.8) is 0 Å². The third kappa shape index (κ3) is 4.17. The molecule has 4 aliphatic carbocycles. The highest BCUT2D eigenvalue weighted by molar-refractivity contribution is 5.69. The molecule has 0 aromatic rings. The fourth-order valence-corrected chi connectivity index (χ4v) is 9.09. The number of aliphatic hydroxyl groups is 2. The van der Waals surface area contributed by atoms with E-state index in [9.17, 15) is 15.0 Å². The van der Waals surface area contributed by atoms with Gasteiger partial charge in [-0.1, -0.05) is 27.7 Å². The molecular weight excluding hydrogens is 400 g/mol. The third-order valence-electron chi connectivity index (χ3n) is 11.1. The molecule has 0 radical (unpaired) electrons. The first-order valence-corrected chi connectivity index (χ1v) is 13.7. The first kappa shape index (κ1) is 24.5. The minimum absolute atomic E-state index is 0.0142. The van der Waals surface area contributed by atoms with Crippen molar-refractivity contribution in [2.24, 2.45) is 46.3 Å². The average Bonchev–Trinajstić information content (AvgIpc) is 3.10. The summed E-state index contributed by atoms with van der Waals surface area (Å²) in [5.74, 6) is 3.19. The topological polar surface area (TPSA) is 66.8 Å². The van der Waals surface area contributed by atoms with Gasteiger partial charge in [0.05, 0.1) is 18.3 Å². The van der Waals surface area contributed by atoms with Gasteiger partial charge in [0.25, 0.3) is 0 Å². The Kier molecular flexibility index (Phi) is 7.05. The molecule has 4 saturated carbocycles. The van der Waals surface area contributed by atoms with E-state index in [1.165, 1.54) is 25.7 Å². The van der Waals surface area contributed by atoms with Gasteiger partial charge in [0, 0.05) is 6.42 Å². The Bertz CT molecular complexity index is 678. The van der Waals surface area contributed by atoms with E-state index in [1.54, 1.807) is 0 Å². The average molecular weight is 449 g/mol. The van der Waals surface area contributed by atoms with Crippen molar-refractivity contribution < 1.29 is 19.7 Å². The van der Waals surface area contributed by atoms with Crippen molar-refractivity contribution in [2.45, 2.75) is 124 Å². The summed E-state index contributed by atoms with van der Waals surface area (Å²) in [6, 6.07) is 0. The largest absolute Gasteiger partial charge is 0.463 e. The summed E-state index contributed by atoms with van der Waals surface area (Å²) in [4.78, 5) is 12.2. The van der Waals surface area contributed by atoms with Gasteiger partial charge in [0.15, 0.2) is 0 Å². The zero-order valence-corrected chi connectivity index (χ0v) is 21.2. The molecule has 2 N–H and O–H groups in total. The molecule has 0 saturated heterocycles. The Morgan fingerprint density at radius 1 is 1.00 bits per heavy atom. The molecule has 4 heteroatoms. The minimum atomic E-state index is -0.215. The summed E-state index contributed by atoms with van der Waals surface area (Å²) < 4.78 is 5.51. The highest BCUT2D eigenvalue weighted by Crippen LogP contribution is 2.68. The molecule has 184 valence electrons. The predicted octanol–water partition coefficient (Wildman–Crippen LogP) is 5.74. The van der Waals surface area contributed by atoms with Gasteiger partial charge >= 0.3 is 5.97 Å². The lowest BCUT2D eigenvalue weighted by molar-refractivity contribution is -0.174. The van der Waals surface area contributed by atoms with Crippen LogP contribution in [0.1, 0.15) is 105 Å². The molecule has 0 aromatic heterocycles. The van der Waals surface area contributed by atoms with Gasteiger partial charge in [-0.3, -0.25) is 4.79 Å². The number of esters is 1. The van der Waals surface area contributed by atoms with Crippen LogP contribution in [0.5, 0.6) is 0 Å². The lowest BCUT2D eigenvalue weighted by Crippen LogP contribution is -2.58. The molecule has 0 heterocycles. The summed E-state index contributed by atoms with van der Waals surface area (Å²) in [6.45, 7) is 11.3. The fourth-order valence-electron chi connectivity index (χ4n) is 9.09. The van der Waals surface area contributed by atoms with Gasteiger partial charge in [0.1, 0.15) is 0 Å². The van der Waals surface area contributed by atoms with Crippen molar-refractivity contribution in [3.8, 4) is 0 Å². The van der Waals surface area contributed by atoms with Gasteiger partial charge in [0.2, 0.25) is 0 Å². The molecule has 0 spiro atoms. The van der Waals surface area contributed by atoms with Crippen LogP contribution in [-0.2, 0) is 9.53 Å². The number of hydrogen-bond donors (Lipinski definition) is 2. The molecule has 0 aromatic carbocycles. The van der Waals surface area contributed by atoms with E-state index in [1.807, 2.05) is 13.8 Å². The van der Waals surface area contributed by atoms with E-state index < -0.39 is 0 Å². The second-order valence-corrected chi connectivity index (χ2v) is 12.7. The molecule has 4 nitrogen and oxygen atoms in total. The number of carbonyl (C=O) groups is 1. The number of fused-ring (bicyclic) bond motifs is 5. The molecular formula is C28H48O4. The van der Waals surface area contributed by atoms with Crippen LogP contribution in [0.4, 0.5) is 0 Å². The van der Waals surface area contributed by atoms with Crippen LogP contribution in [0.25, 0.3) is 0 Å². The fraction of sp³-hybridized carbons (Fsp3) is 0.964. The van der Waals surface area contributed by atoms with E-state index in [2.05, 4.69) is 20.8 Å². The second kappa shape index (κ2) is 9.21. The molecule has 2 unspecified atom stereocenters. The van der Waals surface area contributed by atoms with E-state index in [-0.39, 0.29) is 35.1 Å². The Morgan fingerprint density at radius 2 is 1.69 bits per heavy atom. The second-order valence-electron chi connectivity index (χ2n) is 12.7. The SMILES string of the molecule is CCC(C)OC(=O)CC[C@@H](C)[C@H]1CC[C@H]2[C@@H]3[C@@H](O)CC4C[C@@H](O)CC[C@]4(C)[C@H]3CC[C@]12C. The first-order valence-electron chi connectivity index (χ1n) is 13.7. The molecule has 11 atom stereocenters. The molecule has 4 rings (SSSR count). The Labute approximate surface area is 195 Å². The summed E-state index contributed by atoms with van der Waals surface area (Å²) in [5, 5.41) is 21.6. The number of carbonyl (C=O) groups excluding carboxylic acids is 1. The maximum Gasteiger partial charge on any atom is 0.306 e. The standard InChI is InChI=1S/C28H48O4/c1-6-18(3)32-25(31)10-7-17(2)21-8-9-22-26-23(12-14-28(21,22)5)27(4)13-11-20(29)15-19(27)16-24(26)30/h17-24,26,29-30H,6-16H2,1-5H3/t17-,18?,19?,20+,21-,22+,23+,24+,26+,27+,28-/m1/s1. The summed E-state index contributed by atoms with van der Waals surface area (Å²) >= 11 is 0. The van der Waals surface area contributed by atoms with E-state index in [0.717, 1.165) is 38.5 Å². The maximum atomic E-state index is 12.2. The van der Waals surface area contributed by atoms with Crippen molar-refractivity contribution >= 4 is 5.97 Å². The van der Waals surface area contributed by atoms with Crippen LogP contribution < -0.4 is 0 Å². The van der Waals surface area contributed by atoms with E-state index in [0.29, 0.717) is 41.9 Å². The number of aliphatic hydroxyl groups excluding tert-OH is 2. The highest BCUT2D eigenvalue weighted by atomic mass is 16.5. The highest BCUT2D eigenvalue weighted by Gasteiger charge is 2.62. The Morgan fingerprint density at radius 3 is 2.41 bits per heavy atom. The zero-order valence-electron chi connectivity index (χ0n) is 21.2. The molecule has 0 bridgehead atoms. The molecule has 4 fully saturated rings. The Hall–Kier alpha value is -0.610. The molecule has 0 aliphatic heterocycles. The minimum Gasteiger partial charge on any atom is -0.463 e. The van der Waals surface area contributed by atoms with Gasteiger partial charge < -0.3 is 14.9 Å². The zero-order chi connectivity index (χ0) is 23.3. The number of rotatable bonds is 6. The number of ether oxygens (including phenoxy) is 1. The van der Waals surface area contributed by atoms with Crippen molar-refractivity contribution in [1.29, 1.82) is 0 Å². The van der Waals surface area contributed by atoms with Gasteiger partial charge in [-0.25, -0.2) is 0 Å². The van der Waals surface area contributed by atoms with Crippen molar-refractivity contribution in [2.75, 3.05) is 0 Å². The van der Waals surface area contributed by atoms with E-state index in [4.69, 9.17) is 4.74 Å². The van der Waals surface area contributed by atoms with Gasteiger partial charge in [-0.2, -0.15) is 0 Å². The van der Waals surface area contributed by atoms with Crippen molar-refractivity contribution in [1.82, 2.24) is 0 Å². The first-order chi connectivity index (χ1) is 15.1. The lowest BCUT2D eigenvalue weighted by Gasteiger charge is -2.62. The predicted molar refractivity (Wildman–Crippen MR) is 127 cm³/mol. The van der Waals surface area contributed by atoms with Crippen LogP contribution in [0.2, 0.25) is 0 Å².